The first kappa shape index (κ1) is 15.4. The largest absolute Gasteiger partial charge is 0.396 e. The third-order valence-electron chi connectivity index (χ3n) is 5.67. The summed E-state index contributed by atoms with van der Waals surface area (Å²) in [6.07, 6.45) is 5.30. The minimum absolute atomic E-state index is 0.0741. The predicted molar refractivity (Wildman–Crippen MR) is 87.4 cm³/mol. The van der Waals surface area contributed by atoms with Gasteiger partial charge in [-0.3, -0.25) is 9.20 Å². The Hall–Kier alpha value is -2.15. The summed E-state index contributed by atoms with van der Waals surface area (Å²) in [6.45, 7) is 0.398. The number of amides is 1. The standard InChI is InChI=1S/C17H22N4O3/c22-10-13-11-4-5-12(9-11)16(13)18-15(23)6-8-21-17(24)20-7-2-1-3-14(20)19-21/h1-3,7,11-13,16,22H,4-6,8-10H2,(H,18,23). The van der Waals surface area contributed by atoms with Crippen LogP contribution in [0.3, 0.4) is 0 Å². The van der Waals surface area contributed by atoms with Crippen molar-refractivity contribution in [3.8, 4) is 0 Å². The highest BCUT2D eigenvalue weighted by atomic mass is 16.3. The van der Waals surface area contributed by atoms with Crippen molar-refractivity contribution in [2.24, 2.45) is 17.8 Å². The number of aryl methyl sites for hydroxylation is 1. The fraction of sp³-hybridized carbons (Fsp3) is 0.588. The quantitative estimate of drug-likeness (QED) is 0.831. The highest BCUT2D eigenvalue weighted by Gasteiger charge is 2.47. The number of aliphatic hydroxyl groups is 1. The van der Waals surface area contributed by atoms with Crippen LogP contribution in [0.15, 0.2) is 29.2 Å². The highest BCUT2D eigenvalue weighted by Crippen LogP contribution is 2.48. The Labute approximate surface area is 139 Å². The normalized spacial score (nSPS) is 28.5. The van der Waals surface area contributed by atoms with Crippen LogP contribution in [-0.2, 0) is 11.3 Å². The molecule has 4 atom stereocenters. The summed E-state index contributed by atoms with van der Waals surface area (Å²) in [6, 6.07) is 5.44. The number of carbonyl (C=O) groups is 1. The van der Waals surface area contributed by atoms with Gasteiger partial charge in [0.25, 0.3) is 0 Å². The molecule has 4 rings (SSSR count). The van der Waals surface area contributed by atoms with Crippen LogP contribution in [0.2, 0.25) is 0 Å². The summed E-state index contributed by atoms with van der Waals surface area (Å²) >= 11 is 0. The fourth-order valence-electron chi connectivity index (χ4n) is 4.48. The fourth-order valence-corrected chi connectivity index (χ4v) is 4.48. The van der Waals surface area contributed by atoms with Crippen molar-refractivity contribution in [3.05, 3.63) is 34.9 Å². The molecule has 2 bridgehead atoms. The van der Waals surface area contributed by atoms with E-state index in [4.69, 9.17) is 0 Å². The van der Waals surface area contributed by atoms with E-state index in [1.165, 1.54) is 15.5 Å². The third-order valence-corrected chi connectivity index (χ3v) is 5.67. The first-order valence-electron chi connectivity index (χ1n) is 8.62. The predicted octanol–water partition coefficient (Wildman–Crippen LogP) is 0.409. The molecule has 2 aliphatic carbocycles. The van der Waals surface area contributed by atoms with Crippen molar-refractivity contribution in [2.45, 2.75) is 38.3 Å². The third kappa shape index (κ3) is 2.53. The smallest absolute Gasteiger partial charge is 0.350 e. The van der Waals surface area contributed by atoms with E-state index in [0.717, 1.165) is 12.8 Å². The van der Waals surface area contributed by atoms with Gasteiger partial charge < -0.3 is 10.4 Å². The Kier molecular flexibility index (Phi) is 3.88. The van der Waals surface area contributed by atoms with Crippen LogP contribution >= 0.6 is 0 Å². The molecule has 7 heteroatoms. The summed E-state index contributed by atoms with van der Waals surface area (Å²) in [5, 5.41) is 16.9. The lowest BCUT2D eigenvalue weighted by Gasteiger charge is -2.30. The maximum Gasteiger partial charge on any atom is 0.350 e. The van der Waals surface area contributed by atoms with Crippen LogP contribution in [0.25, 0.3) is 5.65 Å². The van der Waals surface area contributed by atoms with E-state index < -0.39 is 0 Å². The molecule has 2 N–H and O–H groups in total. The van der Waals surface area contributed by atoms with Gasteiger partial charge >= 0.3 is 5.69 Å². The van der Waals surface area contributed by atoms with Crippen LogP contribution in [0.5, 0.6) is 0 Å². The van der Waals surface area contributed by atoms with E-state index in [-0.39, 0.29) is 43.1 Å². The lowest BCUT2D eigenvalue weighted by Crippen LogP contribution is -2.45. The Morgan fingerprint density at radius 2 is 2.17 bits per heavy atom. The number of aromatic nitrogens is 3. The van der Waals surface area contributed by atoms with Gasteiger partial charge in [0.05, 0.1) is 6.54 Å². The molecule has 2 saturated carbocycles. The number of hydrogen-bond acceptors (Lipinski definition) is 4. The minimum atomic E-state index is -0.230. The average molecular weight is 330 g/mol. The molecule has 2 heterocycles. The number of fused-ring (bicyclic) bond motifs is 3. The molecular weight excluding hydrogens is 308 g/mol. The number of aliphatic hydroxyl groups excluding tert-OH is 1. The van der Waals surface area contributed by atoms with E-state index in [0.29, 0.717) is 17.5 Å². The minimum Gasteiger partial charge on any atom is -0.396 e. The van der Waals surface area contributed by atoms with E-state index in [1.54, 1.807) is 18.3 Å². The zero-order chi connectivity index (χ0) is 16.7. The van der Waals surface area contributed by atoms with Crippen molar-refractivity contribution in [1.82, 2.24) is 19.5 Å². The topological polar surface area (TPSA) is 88.6 Å². The second-order valence-corrected chi connectivity index (χ2v) is 6.96. The van der Waals surface area contributed by atoms with Crippen molar-refractivity contribution in [1.29, 1.82) is 0 Å². The maximum absolute atomic E-state index is 12.3. The van der Waals surface area contributed by atoms with Gasteiger partial charge in [-0.25, -0.2) is 9.48 Å². The van der Waals surface area contributed by atoms with Crippen LogP contribution in [0, 0.1) is 17.8 Å². The van der Waals surface area contributed by atoms with Crippen LogP contribution in [0.1, 0.15) is 25.7 Å². The second kappa shape index (κ2) is 6.05. The lowest BCUT2D eigenvalue weighted by molar-refractivity contribution is -0.123. The summed E-state index contributed by atoms with van der Waals surface area (Å²) in [5.74, 6) is 1.15. The Morgan fingerprint density at radius 1 is 1.33 bits per heavy atom. The number of rotatable bonds is 5. The number of nitrogens with zero attached hydrogens (tertiary/aromatic N) is 3. The van der Waals surface area contributed by atoms with E-state index in [2.05, 4.69) is 10.4 Å². The van der Waals surface area contributed by atoms with E-state index in [9.17, 15) is 14.7 Å². The van der Waals surface area contributed by atoms with Crippen LogP contribution in [0.4, 0.5) is 0 Å². The first-order chi connectivity index (χ1) is 11.7. The summed E-state index contributed by atoms with van der Waals surface area (Å²) in [5.41, 5.74) is 0.350. The van der Waals surface area contributed by atoms with Gasteiger partial charge in [-0.1, -0.05) is 6.07 Å². The number of hydrogen-bond donors (Lipinski definition) is 2. The molecule has 0 aromatic carbocycles. The molecule has 2 fully saturated rings. The molecule has 2 aromatic heterocycles. The molecule has 2 aromatic rings. The molecule has 0 aliphatic heterocycles. The molecule has 0 saturated heterocycles. The summed E-state index contributed by atoms with van der Waals surface area (Å²) < 4.78 is 2.80. The highest BCUT2D eigenvalue weighted by molar-refractivity contribution is 5.76. The molecule has 4 unspecified atom stereocenters. The van der Waals surface area contributed by atoms with E-state index >= 15 is 0 Å². The Morgan fingerprint density at radius 3 is 2.96 bits per heavy atom. The van der Waals surface area contributed by atoms with Gasteiger partial charge in [-0.05, 0) is 43.2 Å². The van der Waals surface area contributed by atoms with Gasteiger partial charge in [0.15, 0.2) is 5.65 Å². The summed E-state index contributed by atoms with van der Waals surface area (Å²) in [4.78, 5) is 24.5. The average Bonchev–Trinajstić information content (AvgIpc) is 3.27. The van der Waals surface area contributed by atoms with Crippen LogP contribution in [-0.4, -0.2) is 37.8 Å². The van der Waals surface area contributed by atoms with Crippen LogP contribution < -0.4 is 11.0 Å². The van der Waals surface area contributed by atoms with Crippen molar-refractivity contribution in [2.75, 3.05) is 6.61 Å². The monoisotopic (exact) mass is 330 g/mol. The number of pyridine rings is 1. The Bertz CT molecular complexity index is 812. The zero-order valence-corrected chi connectivity index (χ0v) is 13.5. The summed E-state index contributed by atoms with van der Waals surface area (Å²) in [7, 11) is 0. The molecule has 2 aliphatic rings. The van der Waals surface area contributed by atoms with Gasteiger partial charge in [-0.2, -0.15) is 0 Å². The molecule has 24 heavy (non-hydrogen) atoms. The molecular formula is C17H22N4O3. The number of nitrogens with one attached hydrogen (secondary N) is 1. The zero-order valence-electron chi connectivity index (χ0n) is 13.5. The first-order valence-corrected chi connectivity index (χ1v) is 8.62. The second-order valence-electron chi connectivity index (χ2n) is 6.96. The SMILES string of the molecule is O=C(CCn1nc2ccccn2c1=O)NC1C2CCC(C2)C1CO. The Balaban J connectivity index is 1.40. The van der Waals surface area contributed by atoms with Gasteiger partial charge in [0.1, 0.15) is 0 Å². The van der Waals surface area contributed by atoms with Gasteiger partial charge in [-0.15, -0.1) is 5.10 Å². The molecule has 0 spiro atoms. The molecule has 0 radical (unpaired) electrons. The van der Waals surface area contributed by atoms with Gasteiger partial charge in [0, 0.05) is 31.2 Å². The van der Waals surface area contributed by atoms with Gasteiger partial charge in [0.2, 0.25) is 5.91 Å². The number of carbonyl (C=O) groups excluding carboxylic acids is 1. The molecule has 7 nitrogen and oxygen atoms in total. The van der Waals surface area contributed by atoms with E-state index in [1.807, 2.05) is 6.07 Å². The molecule has 128 valence electrons. The van der Waals surface area contributed by atoms with Crippen molar-refractivity contribution >= 4 is 11.6 Å². The maximum atomic E-state index is 12.3. The van der Waals surface area contributed by atoms with Crippen molar-refractivity contribution < 1.29 is 9.90 Å². The van der Waals surface area contributed by atoms with Crippen molar-refractivity contribution in [3.63, 3.8) is 0 Å². The lowest BCUT2D eigenvalue weighted by atomic mass is 9.85. The molecule has 1 amide bonds.